The van der Waals surface area contributed by atoms with Crippen LogP contribution < -0.4 is 14.2 Å². The molecule has 1 heterocycles. The first-order valence-electron chi connectivity index (χ1n) is 7.02. The number of hydrogen-bond acceptors (Lipinski definition) is 6. The SMILES string of the molecule is COc1ccc(S(=O)(=O)NCCc2sc(C)nc2C)cc1OC. The van der Waals surface area contributed by atoms with Gasteiger partial charge in [-0.2, -0.15) is 0 Å². The number of nitrogens with zero attached hydrogens (tertiary/aromatic N) is 1. The number of nitrogens with one attached hydrogen (secondary N) is 1. The van der Waals surface area contributed by atoms with Crippen LogP contribution in [0, 0.1) is 13.8 Å². The molecule has 23 heavy (non-hydrogen) atoms. The van der Waals surface area contributed by atoms with E-state index in [1.807, 2.05) is 13.8 Å². The van der Waals surface area contributed by atoms with Crippen LogP contribution in [0.25, 0.3) is 0 Å². The fraction of sp³-hybridized carbons (Fsp3) is 0.400. The molecule has 0 bridgehead atoms. The summed E-state index contributed by atoms with van der Waals surface area (Å²) in [5.41, 5.74) is 0.956. The molecule has 2 rings (SSSR count). The lowest BCUT2D eigenvalue weighted by Gasteiger charge is -2.11. The monoisotopic (exact) mass is 356 g/mol. The standard InChI is InChI=1S/C15H20N2O4S2/c1-10-15(22-11(2)17-10)7-8-16-23(18,19)12-5-6-13(20-3)14(9-12)21-4/h5-6,9,16H,7-8H2,1-4H3. The zero-order chi connectivity index (χ0) is 17.0. The first-order valence-corrected chi connectivity index (χ1v) is 9.32. The van der Waals surface area contributed by atoms with Crippen molar-refractivity contribution in [2.24, 2.45) is 0 Å². The molecule has 0 saturated carbocycles. The number of hydrogen-bond donors (Lipinski definition) is 1. The summed E-state index contributed by atoms with van der Waals surface area (Å²) in [5, 5.41) is 0.986. The number of aryl methyl sites for hydroxylation is 2. The molecule has 6 nitrogen and oxygen atoms in total. The van der Waals surface area contributed by atoms with E-state index in [9.17, 15) is 8.42 Å². The second kappa shape index (κ2) is 7.29. The number of aromatic nitrogens is 1. The lowest BCUT2D eigenvalue weighted by atomic mass is 10.3. The Hall–Kier alpha value is -1.64. The molecule has 0 aliphatic heterocycles. The summed E-state index contributed by atoms with van der Waals surface area (Å²) < 4.78 is 37.6. The second-order valence-electron chi connectivity index (χ2n) is 4.91. The Labute approximate surface area is 140 Å². The Morgan fingerprint density at radius 2 is 1.87 bits per heavy atom. The summed E-state index contributed by atoms with van der Waals surface area (Å²) >= 11 is 1.59. The summed E-state index contributed by atoms with van der Waals surface area (Å²) in [6.07, 6.45) is 0.615. The van der Waals surface area contributed by atoms with E-state index in [2.05, 4.69) is 9.71 Å². The molecule has 0 saturated heterocycles. The van der Waals surface area contributed by atoms with E-state index in [-0.39, 0.29) is 4.90 Å². The number of methoxy groups -OCH3 is 2. The van der Waals surface area contributed by atoms with Crippen LogP contribution in [0.15, 0.2) is 23.1 Å². The van der Waals surface area contributed by atoms with Gasteiger partial charge in [0, 0.05) is 17.5 Å². The summed E-state index contributed by atoms with van der Waals surface area (Å²) in [5.74, 6) is 0.867. The van der Waals surface area contributed by atoms with Crippen LogP contribution in [0.1, 0.15) is 15.6 Å². The third kappa shape index (κ3) is 4.21. The Morgan fingerprint density at radius 3 is 2.43 bits per heavy atom. The van der Waals surface area contributed by atoms with Crippen LogP contribution in [-0.2, 0) is 16.4 Å². The summed E-state index contributed by atoms with van der Waals surface area (Å²) in [6.45, 7) is 4.19. The van der Waals surface area contributed by atoms with Gasteiger partial charge >= 0.3 is 0 Å². The number of ether oxygens (including phenoxy) is 2. The van der Waals surface area contributed by atoms with Crippen molar-refractivity contribution < 1.29 is 17.9 Å². The largest absolute Gasteiger partial charge is 0.493 e. The van der Waals surface area contributed by atoms with Crippen molar-refractivity contribution in [3.63, 3.8) is 0 Å². The van der Waals surface area contributed by atoms with Crippen molar-refractivity contribution in [1.29, 1.82) is 0 Å². The Balaban J connectivity index is 2.08. The van der Waals surface area contributed by atoms with Crippen LogP contribution in [-0.4, -0.2) is 34.2 Å². The van der Waals surface area contributed by atoms with E-state index in [1.54, 1.807) is 17.4 Å². The minimum Gasteiger partial charge on any atom is -0.493 e. The molecule has 126 valence electrons. The van der Waals surface area contributed by atoms with Gasteiger partial charge in [-0.15, -0.1) is 11.3 Å². The average Bonchev–Trinajstić information content (AvgIpc) is 2.84. The highest BCUT2D eigenvalue weighted by molar-refractivity contribution is 7.89. The number of thiazole rings is 1. The zero-order valence-electron chi connectivity index (χ0n) is 13.5. The van der Waals surface area contributed by atoms with Gasteiger partial charge in [-0.1, -0.05) is 0 Å². The molecular weight excluding hydrogens is 336 g/mol. The van der Waals surface area contributed by atoms with E-state index in [1.165, 1.54) is 26.4 Å². The molecule has 0 atom stereocenters. The van der Waals surface area contributed by atoms with E-state index >= 15 is 0 Å². The first-order chi connectivity index (χ1) is 10.9. The van der Waals surface area contributed by atoms with Crippen molar-refractivity contribution >= 4 is 21.4 Å². The highest BCUT2D eigenvalue weighted by atomic mass is 32.2. The predicted molar refractivity (Wildman–Crippen MR) is 90.0 cm³/mol. The highest BCUT2D eigenvalue weighted by Gasteiger charge is 2.17. The van der Waals surface area contributed by atoms with Gasteiger partial charge in [0.25, 0.3) is 0 Å². The van der Waals surface area contributed by atoms with Gasteiger partial charge < -0.3 is 9.47 Å². The first kappa shape index (κ1) is 17.7. The van der Waals surface area contributed by atoms with Crippen molar-refractivity contribution in [2.45, 2.75) is 25.2 Å². The van der Waals surface area contributed by atoms with Crippen molar-refractivity contribution in [2.75, 3.05) is 20.8 Å². The molecule has 2 aromatic rings. The maximum absolute atomic E-state index is 12.4. The Morgan fingerprint density at radius 1 is 1.17 bits per heavy atom. The molecule has 1 aromatic heterocycles. The van der Waals surface area contributed by atoms with Gasteiger partial charge in [0.15, 0.2) is 11.5 Å². The summed E-state index contributed by atoms with van der Waals surface area (Å²) in [4.78, 5) is 5.58. The van der Waals surface area contributed by atoms with Gasteiger partial charge in [-0.25, -0.2) is 18.1 Å². The van der Waals surface area contributed by atoms with Gasteiger partial charge in [-0.05, 0) is 32.4 Å². The summed E-state index contributed by atoms with van der Waals surface area (Å²) in [7, 11) is -0.623. The van der Waals surface area contributed by atoms with Crippen LogP contribution in [0.5, 0.6) is 11.5 Å². The van der Waals surface area contributed by atoms with Crippen molar-refractivity contribution in [3.8, 4) is 11.5 Å². The van der Waals surface area contributed by atoms with E-state index in [0.717, 1.165) is 15.6 Å². The molecule has 0 unspecified atom stereocenters. The smallest absolute Gasteiger partial charge is 0.240 e. The summed E-state index contributed by atoms with van der Waals surface area (Å²) in [6, 6.07) is 4.51. The van der Waals surface area contributed by atoms with Gasteiger partial charge in [-0.3, -0.25) is 0 Å². The zero-order valence-corrected chi connectivity index (χ0v) is 15.2. The van der Waals surface area contributed by atoms with Gasteiger partial charge in [0.05, 0.1) is 29.8 Å². The van der Waals surface area contributed by atoms with Gasteiger partial charge in [0.2, 0.25) is 10.0 Å². The maximum Gasteiger partial charge on any atom is 0.240 e. The maximum atomic E-state index is 12.4. The fourth-order valence-electron chi connectivity index (χ4n) is 2.17. The number of benzene rings is 1. The Kier molecular flexibility index (Phi) is 5.61. The quantitative estimate of drug-likeness (QED) is 0.824. The average molecular weight is 356 g/mol. The topological polar surface area (TPSA) is 77.5 Å². The molecule has 8 heteroatoms. The molecule has 1 N–H and O–H groups in total. The molecule has 1 aromatic carbocycles. The van der Waals surface area contributed by atoms with Gasteiger partial charge in [0.1, 0.15) is 0 Å². The molecule has 0 radical (unpaired) electrons. The lowest BCUT2D eigenvalue weighted by molar-refractivity contribution is 0.354. The minimum absolute atomic E-state index is 0.146. The van der Waals surface area contributed by atoms with E-state index in [0.29, 0.717) is 24.5 Å². The van der Waals surface area contributed by atoms with Crippen LogP contribution >= 0.6 is 11.3 Å². The second-order valence-corrected chi connectivity index (χ2v) is 7.96. The molecule has 0 aliphatic rings. The normalized spacial score (nSPS) is 11.5. The van der Waals surface area contributed by atoms with Crippen LogP contribution in [0.2, 0.25) is 0 Å². The third-order valence-electron chi connectivity index (χ3n) is 3.31. The molecule has 0 fully saturated rings. The minimum atomic E-state index is -3.60. The van der Waals surface area contributed by atoms with Crippen molar-refractivity contribution in [3.05, 3.63) is 33.8 Å². The predicted octanol–water partition coefficient (Wildman–Crippen LogP) is 2.30. The molecule has 0 spiro atoms. The van der Waals surface area contributed by atoms with Crippen LogP contribution in [0.3, 0.4) is 0 Å². The Bertz CT molecular complexity index is 785. The lowest BCUT2D eigenvalue weighted by Crippen LogP contribution is -2.26. The third-order valence-corrected chi connectivity index (χ3v) is 5.90. The van der Waals surface area contributed by atoms with E-state index in [4.69, 9.17) is 9.47 Å². The number of sulfonamides is 1. The number of rotatable bonds is 7. The molecular formula is C15H20N2O4S2. The molecule has 0 aliphatic carbocycles. The van der Waals surface area contributed by atoms with E-state index < -0.39 is 10.0 Å². The van der Waals surface area contributed by atoms with Crippen molar-refractivity contribution in [1.82, 2.24) is 9.71 Å². The molecule has 0 amide bonds. The van der Waals surface area contributed by atoms with Crippen LogP contribution in [0.4, 0.5) is 0 Å². The highest BCUT2D eigenvalue weighted by Crippen LogP contribution is 2.29. The fourth-order valence-corrected chi connectivity index (χ4v) is 4.15.